The van der Waals surface area contributed by atoms with Crippen molar-refractivity contribution >= 4 is 5.96 Å². The maximum Gasteiger partial charge on any atom is 0.390 e. The summed E-state index contributed by atoms with van der Waals surface area (Å²) in [5.41, 5.74) is 6.24. The zero-order valence-electron chi connectivity index (χ0n) is 5.52. The van der Waals surface area contributed by atoms with Gasteiger partial charge in [-0.15, -0.1) is 0 Å². The number of rotatable bonds is 2. The summed E-state index contributed by atoms with van der Waals surface area (Å²) in [6.07, 6.45) is -5.28. The van der Waals surface area contributed by atoms with E-state index in [2.05, 4.69) is 4.99 Å². The highest BCUT2D eigenvalue weighted by molar-refractivity contribution is 5.76. The average Bonchev–Trinajstić information content (AvgIpc) is 1.85. The summed E-state index contributed by atoms with van der Waals surface area (Å²) in [5.74, 6) is -0.422. The molecule has 0 aromatic carbocycles. The summed E-state index contributed by atoms with van der Waals surface area (Å²) in [6, 6.07) is 0. The van der Waals surface area contributed by atoms with E-state index in [9.17, 15) is 13.2 Å². The van der Waals surface area contributed by atoms with Crippen molar-refractivity contribution in [1.29, 1.82) is 0 Å². The molecule has 11 heavy (non-hydrogen) atoms. The fraction of sp³-hybridized carbons (Fsp3) is 0.750. The second-order valence-electron chi connectivity index (χ2n) is 1.74. The standard InChI is InChI=1S/C4H8F3N3O/c5-4(6,7)1-2-9-3(8)10-11/h11H,1-2H2,(H3,8,9,10). The molecule has 0 atom stereocenters. The van der Waals surface area contributed by atoms with Crippen LogP contribution in [0, 0.1) is 0 Å². The normalized spacial score (nSPS) is 13.3. The molecule has 0 spiro atoms. The van der Waals surface area contributed by atoms with E-state index in [0.717, 1.165) is 0 Å². The molecule has 66 valence electrons. The maximum absolute atomic E-state index is 11.4. The minimum Gasteiger partial charge on any atom is -0.368 e. The van der Waals surface area contributed by atoms with Crippen molar-refractivity contribution in [2.24, 2.45) is 10.7 Å². The SMILES string of the molecule is NC(=NCCC(F)(F)F)NO. The molecule has 0 unspecified atom stereocenters. The number of aliphatic imine (C=N–C) groups is 1. The molecule has 0 saturated carbocycles. The van der Waals surface area contributed by atoms with Crippen molar-refractivity contribution in [1.82, 2.24) is 5.48 Å². The Labute approximate surface area is 60.9 Å². The summed E-state index contributed by atoms with van der Waals surface area (Å²) in [4.78, 5) is 3.14. The lowest BCUT2D eigenvalue weighted by Crippen LogP contribution is -2.28. The summed E-state index contributed by atoms with van der Waals surface area (Å²) < 4.78 is 34.3. The first-order valence-corrected chi connectivity index (χ1v) is 2.72. The topological polar surface area (TPSA) is 70.6 Å². The van der Waals surface area contributed by atoms with Gasteiger partial charge >= 0.3 is 6.18 Å². The van der Waals surface area contributed by atoms with Gasteiger partial charge in [0.25, 0.3) is 0 Å². The Kier molecular flexibility index (Phi) is 3.66. The largest absolute Gasteiger partial charge is 0.390 e. The molecule has 0 aromatic heterocycles. The van der Waals surface area contributed by atoms with E-state index < -0.39 is 25.1 Å². The minimum absolute atomic E-state index is 0.422. The van der Waals surface area contributed by atoms with Crippen LogP contribution in [0.1, 0.15) is 6.42 Å². The van der Waals surface area contributed by atoms with Gasteiger partial charge in [-0.1, -0.05) is 0 Å². The number of halogens is 3. The molecule has 0 rings (SSSR count). The number of nitrogens with zero attached hydrogens (tertiary/aromatic N) is 1. The molecule has 0 fully saturated rings. The third-order valence-electron chi connectivity index (χ3n) is 0.792. The van der Waals surface area contributed by atoms with Crippen LogP contribution >= 0.6 is 0 Å². The molecule has 0 bridgehead atoms. The highest BCUT2D eigenvalue weighted by Gasteiger charge is 2.25. The monoisotopic (exact) mass is 171 g/mol. The maximum atomic E-state index is 11.4. The number of nitrogens with one attached hydrogen (secondary N) is 1. The molecule has 0 radical (unpaired) electrons. The van der Waals surface area contributed by atoms with Crippen LogP contribution < -0.4 is 11.2 Å². The van der Waals surface area contributed by atoms with E-state index in [1.165, 1.54) is 5.48 Å². The highest BCUT2D eigenvalue weighted by atomic mass is 19.4. The van der Waals surface area contributed by atoms with E-state index >= 15 is 0 Å². The van der Waals surface area contributed by atoms with Gasteiger partial charge < -0.3 is 5.73 Å². The van der Waals surface area contributed by atoms with Crippen LogP contribution in [0.3, 0.4) is 0 Å². The average molecular weight is 171 g/mol. The van der Waals surface area contributed by atoms with E-state index in [1.807, 2.05) is 0 Å². The first-order valence-electron chi connectivity index (χ1n) is 2.72. The van der Waals surface area contributed by atoms with Crippen molar-refractivity contribution in [3.8, 4) is 0 Å². The molecular formula is C4H8F3N3O. The molecule has 0 aliphatic rings. The third kappa shape index (κ3) is 6.91. The number of hydrogen-bond acceptors (Lipinski definition) is 2. The quantitative estimate of drug-likeness (QED) is 0.316. The Bertz CT molecular complexity index is 144. The molecule has 4 N–H and O–H groups in total. The molecule has 0 aromatic rings. The van der Waals surface area contributed by atoms with Gasteiger partial charge in [0.15, 0.2) is 0 Å². The third-order valence-corrected chi connectivity index (χ3v) is 0.792. The predicted molar refractivity (Wildman–Crippen MR) is 32.1 cm³/mol. The highest BCUT2D eigenvalue weighted by Crippen LogP contribution is 2.18. The molecule has 7 heteroatoms. The van der Waals surface area contributed by atoms with Gasteiger partial charge in [-0.3, -0.25) is 10.2 Å². The summed E-state index contributed by atoms with van der Waals surface area (Å²) in [5, 5.41) is 7.98. The van der Waals surface area contributed by atoms with Gasteiger partial charge in [-0.05, 0) is 0 Å². The van der Waals surface area contributed by atoms with Crippen molar-refractivity contribution in [3.05, 3.63) is 0 Å². The Morgan fingerprint density at radius 3 is 2.45 bits per heavy atom. The molecule has 0 amide bonds. The second-order valence-corrected chi connectivity index (χ2v) is 1.74. The van der Waals surface area contributed by atoms with Crippen LogP contribution in [0.4, 0.5) is 13.2 Å². The van der Waals surface area contributed by atoms with E-state index in [1.54, 1.807) is 0 Å². The summed E-state index contributed by atoms with van der Waals surface area (Å²) in [7, 11) is 0. The fourth-order valence-electron chi connectivity index (χ4n) is 0.338. The number of hydroxylamine groups is 1. The molecule has 4 nitrogen and oxygen atoms in total. The zero-order chi connectivity index (χ0) is 8.91. The van der Waals surface area contributed by atoms with Crippen LogP contribution in [0.15, 0.2) is 4.99 Å². The molecule has 0 heterocycles. The summed E-state index contributed by atoms with van der Waals surface area (Å²) in [6.45, 7) is -0.483. The Morgan fingerprint density at radius 1 is 1.55 bits per heavy atom. The van der Waals surface area contributed by atoms with E-state index in [-0.39, 0.29) is 0 Å². The van der Waals surface area contributed by atoms with Gasteiger partial charge in [0, 0.05) is 0 Å². The lowest BCUT2D eigenvalue weighted by Gasteiger charge is -2.02. The van der Waals surface area contributed by atoms with Gasteiger partial charge in [-0.2, -0.15) is 13.2 Å². The van der Waals surface area contributed by atoms with Gasteiger partial charge in [-0.25, -0.2) is 5.48 Å². The molecule has 0 aliphatic carbocycles. The molecule has 0 saturated heterocycles. The molecule has 0 aliphatic heterocycles. The predicted octanol–water partition coefficient (Wildman–Crippen LogP) is 0.232. The van der Waals surface area contributed by atoms with Gasteiger partial charge in [0.05, 0.1) is 13.0 Å². The van der Waals surface area contributed by atoms with Crippen molar-refractivity contribution < 1.29 is 18.4 Å². The molecular weight excluding hydrogens is 163 g/mol. The van der Waals surface area contributed by atoms with Crippen molar-refractivity contribution in [2.75, 3.05) is 6.54 Å². The number of nitrogens with two attached hydrogens (primary N) is 1. The number of guanidine groups is 1. The smallest absolute Gasteiger partial charge is 0.368 e. The van der Waals surface area contributed by atoms with Crippen molar-refractivity contribution in [2.45, 2.75) is 12.6 Å². The van der Waals surface area contributed by atoms with Crippen molar-refractivity contribution in [3.63, 3.8) is 0 Å². The first-order chi connectivity index (χ1) is 4.95. The van der Waals surface area contributed by atoms with E-state index in [0.29, 0.717) is 0 Å². The van der Waals surface area contributed by atoms with Crippen LogP contribution in [-0.4, -0.2) is 23.9 Å². The fourth-order valence-corrected chi connectivity index (χ4v) is 0.338. The zero-order valence-corrected chi connectivity index (χ0v) is 5.52. The van der Waals surface area contributed by atoms with Crippen LogP contribution in [0.25, 0.3) is 0 Å². The Hall–Kier alpha value is -0.980. The second kappa shape index (κ2) is 4.02. The van der Waals surface area contributed by atoms with Gasteiger partial charge in [0.1, 0.15) is 0 Å². The lowest BCUT2D eigenvalue weighted by atomic mass is 10.4. The Balaban J connectivity index is 3.57. The number of hydrogen-bond donors (Lipinski definition) is 3. The van der Waals surface area contributed by atoms with Crippen LogP contribution in [0.2, 0.25) is 0 Å². The van der Waals surface area contributed by atoms with Gasteiger partial charge in [0.2, 0.25) is 5.96 Å². The first kappa shape index (κ1) is 10.0. The van der Waals surface area contributed by atoms with Crippen LogP contribution in [-0.2, 0) is 0 Å². The van der Waals surface area contributed by atoms with Crippen LogP contribution in [0.5, 0.6) is 0 Å². The lowest BCUT2D eigenvalue weighted by molar-refractivity contribution is -0.132. The summed E-state index contributed by atoms with van der Waals surface area (Å²) >= 11 is 0. The Morgan fingerprint density at radius 2 is 2.09 bits per heavy atom. The van der Waals surface area contributed by atoms with E-state index in [4.69, 9.17) is 10.9 Å². The number of alkyl halides is 3. The minimum atomic E-state index is -4.24.